The van der Waals surface area contributed by atoms with Crippen LogP contribution in [-0.4, -0.2) is 32.4 Å². The molecule has 0 saturated carbocycles. The average Bonchev–Trinajstić information content (AvgIpc) is 2.77. The monoisotopic (exact) mass is 261 g/mol. The number of aromatic nitrogens is 3. The lowest BCUT2D eigenvalue weighted by atomic mass is 10.1. The number of hydrogen-bond donors (Lipinski definition) is 3. The fraction of sp³-hybridized carbons (Fsp3) is 0.250. The van der Waals surface area contributed by atoms with E-state index in [1.54, 1.807) is 12.4 Å². The summed E-state index contributed by atoms with van der Waals surface area (Å²) in [5.41, 5.74) is 7.10. The molecular formula is C12H15N5O2. The molecule has 4 N–H and O–H groups in total. The van der Waals surface area contributed by atoms with Crippen LogP contribution in [0.15, 0.2) is 24.5 Å². The first kappa shape index (κ1) is 12.9. The van der Waals surface area contributed by atoms with Crippen LogP contribution in [0, 0.1) is 0 Å². The first-order valence-corrected chi connectivity index (χ1v) is 5.77. The average molecular weight is 261 g/mol. The fourth-order valence-electron chi connectivity index (χ4n) is 1.70. The van der Waals surface area contributed by atoms with Gasteiger partial charge in [-0.3, -0.25) is 0 Å². The molecule has 0 amide bonds. The van der Waals surface area contributed by atoms with Gasteiger partial charge in [-0.05, 0) is 18.2 Å². The van der Waals surface area contributed by atoms with Crippen LogP contribution in [-0.2, 0) is 13.5 Å². The van der Waals surface area contributed by atoms with Gasteiger partial charge in [0.15, 0.2) is 0 Å². The highest BCUT2D eigenvalue weighted by Gasteiger charge is 2.06. The van der Waals surface area contributed by atoms with Crippen molar-refractivity contribution in [3.05, 3.63) is 35.9 Å². The van der Waals surface area contributed by atoms with E-state index in [1.807, 2.05) is 11.6 Å². The van der Waals surface area contributed by atoms with Gasteiger partial charge >= 0.3 is 5.97 Å². The number of aromatic carboxylic acids is 1. The standard InChI is InChI=1S/C12H15N5O2/c1-17-7-15-16-11(17)4-5-14-10-3-2-8(12(18)19)6-9(10)13/h2-3,6-7,14H,4-5,13H2,1H3,(H,18,19). The molecule has 0 spiro atoms. The minimum atomic E-state index is -0.989. The van der Waals surface area contributed by atoms with Gasteiger partial charge < -0.3 is 20.7 Å². The lowest BCUT2D eigenvalue weighted by molar-refractivity contribution is 0.0697. The van der Waals surface area contributed by atoms with Crippen molar-refractivity contribution < 1.29 is 9.90 Å². The number of nitrogens with zero attached hydrogens (tertiary/aromatic N) is 3. The second-order valence-corrected chi connectivity index (χ2v) is 4.14. The van der Waals surface area contributed by atoms with Crippen molar-refractivity contribution in [3.63, 3.8) is 0 Å². The molecule has 1 aromatic heterocycles. The van der Waals surface area contributed by atoms with Crippen molar-refractivity contribution in [3.8, 4) is 0 Å². The largest absolute Gasteiger partial charge is 0.478 e. The molecule has 0 aliphatic rings. The first-order valence-electron chi connectivity index (χ1n) is 5.77. The molecule has 0 aliphatic carbocycles. The van der Waals surface area contributed by atoms with Gasteiger partial charge in [0.2, 0.25) is 0 Å². The fourth-order valence-corrected chi connectivity index (χ4v) is 1.70. The highest BCUT2D eigenvalue weighted by molar-refractivity contribution is 5.90. The van der Waals surface area contributed by atoms with E-state index in [9.17, 15) is 4.79 Å². The molecule has 0 radical (unpaired) electrons. The molecule has 7 heteroatoms. The summed E-state index contributed by atoms with van der Waals surface area (Å²) >= 11 is 0. The maximum Gasteiger partial charge on any atom is 0.335 e. The van der Waals surface area contributed by atoms with Gasteiger partial charge in [-0.25, -0.2) is 4.79 Å². The van der Waals surface area contributed by atoms with E-state index >= 15 is 0 Å². The zero-order valence-electron chi connectivity index (χ0n) is 10.5. The third-order valence-corrected chi connectivity index (χ3v) is 2.77. The quantitative estimate of drug-likeness (QED) is 0.686. The number of nitrogens with two attached hydrogens (primary N) is 1. The Balaban J connectivity index is 1.96. The SMILES string of the molecule is Cn1cnnc1CCNc1ccc(C(=O)O)cc1N. The Kier molecular flexibility index (Phi) is 3.65. The lowest BCUT2D eigenvalue weighted by Gasteiger charge is -2.09. The summed E-state index contributed by atoms with van der Waals surface area (Å²) in [6, 6.07) is 4.62. The number of carboxylic acid groups (broad SMARTS) is 1. The second-order valence-electron chi connectivity index (χ2n) is 4.14. The summed E-state index contributed by atoms with van der Waals surface area (Å²) in [6.07, 6.45) is 2.35. The Labute approximate surface area is 110 Å². The van der Waals surface area contributed by atoms with Gasteiger partial charge in [-0.15, -0.1) is 10.2 Å². The summed E-state index contributed by atoms with van der Waals surface area (Å²) in [4.78, 5) is 10.8. The van der Waals surface area contributed by atoms with E-state index in [2.05, 4.69) is 15.5 Å². The Bertz CT molecular complexity index is 594. The molecule has 0 atom stereocenters. The van der Waals surface area contributed by atoms with Gasteiger partial charge in [0.25, 0.3) is 0 Å². The molecule has 0 saturated heterocycles. The molecule has 0 unspecified atom stereocenters. The number of nitrogen functional groups attached to an aromatic ring is 1. The molecule has 1 heterocycles. The van der Waals surface area contributed by atoms with Crippen molar-refractivity contribution in [2.45, 2.75) is 6.42 Å². The van der Waals surface area contributed by atoms with E-state index in [4.69, 9.17) is 10.8 Å². The van der Waals surface area contributed by atoms with Crippen LogP contribution in [0.5, 0.6) is 0 Å². The Morgan fingerprint density at radius 2 is 2.32 bits per heavy atom. The Hall–Kier alpha value is -2.57. The topological polar surface area (TPSA) is 106 Å². The van der Waals surface area contributed by atoms with Crippen LogP contribution in [0.4, 0.5) is 11.4 Å². The number of nitrogens with one attached hydrogen (secondary N) is 1. The number of aryl methyl sites for hydroxylation is 1. The molecule has 0 fully saturated rings. The number of rotatable bonds is 5. The van der Waals surface area contributed by atoms with Crippen LogP contribution in [0.25, 0.3) is 0 Å². The van der Waals surface area contributed by atoms with Crippen molar-refractivity contribution in [2.75, 3.05) is 17.6 Å². The van der Waals surface area contributed by atoms with E-state index < -0.39 is 5.97 Å². The van der Waals surface area contributed by atoms with Crippen molar-refractivity contribution in [1.29, 1.82) is 0 Å². The van der Waals surface area contributed by atoms with E-state index in [-0.39, 0.29) is 5.56 Å². The van der Waals surface area contributed by atoms with Gasteiger partial charge in [-0.1, -0.05) is 0 Å². The second kappa shape index (κ2) is 5.38. The molecule has 100 valence electrons. The number of hydrogen-bond acceptors (Lipinski definition) is 5. The van der Waals surface area contributed by atoms with Gasteiger partial charge in [0.1, 0.15) is 12.2 Å². The van der Waals surface area contributed by atoms with E-state index in [1.165, 1.54) is 12.1 Å². The van der Waals surface area contributed by atoms with Gasteiger partial charge in [0.05, 0.1) is 16.9 Å². The Morgan fingerprint density at radius 1 is 1.53 bits per heavy atom. The molecule has 2 aromatic rings. The third-order valence-electron chi connectivity index (χ3n) is 2.77. The van der Waals surface area contributed by atoms with Crippen molar-refractivity contribution >= 4 is 17.3 Å². The number of benzene rings is 1. The smallest absolute Gasteiger partial charge is 0.335 e. The highest BCUT2D eigenvalue weighted by Crippen LogP contribution is 2.19. The first-order chi connectivity index (χ1) is 9.08. The summed E-state index contributed by atoms with van der Waals surface area (Å²) in [5.74, 6) is -0.120. The lowest BCUT2D eigenvalue weighted by Crippen LogP contribution is -2.10. The molecular weight excluding hydrogens is 246 g/mol. The summed E-state index contributed by atoms with van der Waals surface area (Å²) in [7, 11) is 1.88. The van der Waals surface area contributed by atoms with Gasteiger partial charge in [-0.2, -0.15) is 0 Å². The summed E-state index contributed by atoms with van der Waals surface area (Å²) < 4.78 is 1.85. The zero-order valence-corrected chi connectivity index (χ0v) is 10.5. The zero-order chi connectivity index (χ0) is 13.8. The predicted octanol–water partition coefficient (Wildman–Crippen LogP) is 0.750. The van der Waals surface area contributed by atoms with Crippen LogP contribution in [0.2, 0.25) is 0 Å². The summed E-state index contributed by atoms with van der Waals surface area (Å²) in [6.45, 7) is 0.642. The minimum absolute atomic E-state index is 0.177. The maximum atomic E-state index is 10.8. The van der Waals surface area contributed by atoms with E-state index in [0.717, 1.165) is 5.82 Å². The molecule has 7 nitrogen and oxygen atoms in total. The van der Waals surface area contributed by atoms with E-state index in [0.29, 0.717) is 24.3 Å². The van der Waals surface area contributed by atoms with Crippen LogP contribution < -0.4 is 11.1 Å². The minimum Gasteiger partial charge on any atom is -0.478 e. The molecule has 1 aromatic carbocycles. The highest BCUT2D eigenvalue weighted by atomic mass is 16.4. The van der Waals surface area contributed by atoms with Crippen molar-refractivity contribution in [2.24, 2.45) is 7.05 Å². The van der Waals surface area contributed by atoms with Crippen molar-refractivity contribution in [1.82, 2.24) is 14.8 Å². The summed E-state index contributed by atoms with van der Waals surface area (Å²) in [5, 5.41) is 19.7. The maximum absolute atomic E-state index is 10.8. The van der Waals surface area contributed by atoms with Crippen LogP contribution in [0.1, 0.15) is 16.2 Å². The predicted molar refractivity (Wildman–Crippen MR) is 71.0 cm³/mol. The third kappa shape index (κ3) is 3.01. The van der Waals surface area contributed by atoms with Gasteiger partial charge in [0, 0.05) is 20.0 Å². The number of anilines is 2. The molecule has 2 rings (SSSR count). The number of carbonyl (C=O) groups is 1. The Morgan fingerprint density at radius 3 is 2.89 bits per heavy atom. The molecule has 19 heavy (non-hydrogen) atoms. The normalized spacial score (nSPS) is 10.4. The number of carboxylic acids is 1. The van der Waals surface area contributed by atoms with Crippen LogP contribution >= 0.6 is 0 Å². The molecule has 0 bridgehead atoms. The van der Waals surface area contributed by atoms with Crippen LogP contribution in [0.3, 0.4) is 0 Å². The molecule has 0 aliphatic heterocycles.